The molecule has 9 nitrogen and oxygen atoms in total. The van der Waals surface area contributed by atoms with Gasteiger partial charge in [0.15, 0.2) is 11.6 Å². The number of hydrogen-bond acceptors (Lipinski definition) is 6. The fourth-order valence-corrected chi connectivity index (χ4v) is 4.07. The number of nitrogens with two attached hydrogens (primary N) is 1. The third-order valence-corrected chi connectivity index (χ3v) is 5.99. The molecule has 2 heterocycles. The summed E-state index contributed by atoms with van der Waals surface area (Å²) < 4.78 is 27.2. The predicted molar refractivity (Wildman–Crippen MR) is 140 cm³/mol. The van der Waals surface area contributed by atoms with E-state index in [0.29, 0.717) is 39.3 Å². The summed E-state index contributed by atoms with van der Waals surface area (Å²) in [7, 11) is 1.57. The number of rotatable bonds is 8. The number of pyridine rings is 1. The lowest BCUT2D eigenvalue weighted by Crippen LogP contribution is -2.30. The van der Waals surface area contributed by atoms with Crippen molar-refractivity contribution in [3.63, 3.8) is 0 Å². The van der Waals surface area contributed by atoms with E-state index in [4.69, 9.17) is 15.2 Å². The average Bonchev–Trinajstić information content (AvgIpc) is 3.29. The van der Waals surface area contributed by atoms with E-state index in [1.165, 1.54) is 16.8 Å². The summed E-state index contributed by atoms with van der Waals surface area (Å²) in [6.07, 6.45) is 1.57. The molecule has 4 N–H and O–H groups in total. The Morgan fingerprint density at radius 3 is 2.63 bits per heavy atom. The van der Waals surface area contributed by atoms with E-state index in [-0.39, 0.29) is 24.4 Å². The first-order valence-electron chi connectivity index (χ1n) is 11.7. The lowest BCUT2D eigenvalue weighted by Gasteiger charge is -2.11. The fourth-order valence-electron chi connectivity index (χ4n) is 4.07. The van der Waals surface area contributed by atoms with Crippen LogP contribution < -0.4 is 26.1 Å². The van der Waals surface area contributed by atoms with Crippen molar-refractivity contribution in [2.24, 2.45) is 5.73 Å². The molecule has 0 aliphatic carbocycles. The number of H-pyrrole nitrogens is 1. The van der Waals surface area contributed by atoms with Crippen molar-refractivity contribution in [1.82, 2.24) is 20.1 Å². The van der Waals surface area contributed by atoms with Gasteiger partial charge in [-0.15, -0.1) is 0 Å². The van der Waals surface area contributed by atoms with Crippen molar-refractivity contribution < 1.29 is 18.7 Å². The predicted octanol–water partition coefficient (Wildman–Crippen LogP) is 4.04. The monoisotopic (exact) mass is 513 g/mol. The van der Waals surface area contributed by atoms with Crippen molar-refractivity contribution in [1.29, 1.82) is 0 Å². The summed E-state index contributed by atoms with van der Waals surface area (Å²) in [5.74, 6) is -0.108. The molecule has 5 rings (SSSR count). The van der Waals surface area contributed by atoms with Gasteiger partial charge in [0, 0.05) is 30.7 Å². The molecule has 0 aliphatic heterocycles. The molecule has 10 heteroatoms. The second kappa shape index (κ2) is 10.6. The number of carbonyl (C=O) groups excluding carboxylic acids is 1. The number of aromatic nitrogens is 3. The molecule has 1 amide bonds. The maximum atomic E-state index is 14.9. The molecule has 5 aromatic rings. The highest BCUT2D eigenvalue weighted by Crippen LogP contribution is 2.32. The van der Waals surface area contributed by atoms with Gasteiger partial charge in [0.05, 0.1) is 24.0 Å². The van der Waals surface area contributed by atoms with Gasteiger partial charge in [0.2, 0.25) is 0 Å². The highest BCUT2D eigenvalue weighted by Gasteiger charge is 2.21. The second-order valence-corrected chi connectivity index (χ2v) is 8.39. The van der Waals surface area contributed by atoms with Crippen molar-refractivity contribution in [2.45, 2.75) is 13.1 Å². The molecule has 3 aromatic carbocycles. The lowest BCUT2D eigenvalue weighted by molar-refractivity contribution is 0.0949. The van der Waals surface area contributed by atoms with E-state index in [1.807, 2.05) is 6.07 Å². The van der Waals surface area contributed by atoms with Crippen molar-refractivity contribution in [2.75, 3.05) is 7.11 Å². The Labute approximate surface area is 216 Å². The zero-order valence-corrected chi connectivity index (χ0v) is 20.4. The van der Waals surface area contributed by atoms with Crippen LogP contribution in [0, 0.1) is 5.82 Å². The molecule has 0 aliphatic rings. The minimum atomic E-state index is -0.610. The van der Waals surface area contributed by atoms with Crippen molar-refractivity contribution in [3.8, 4) is 22.9 Å². The van der Waals surface area contributed by atoms with Crippen LogP contribution in [0.4, 0.5) is 4.39 Å². The van der Waals surface area contributed by atoms with Crippen LogP contribution >= 0.6 is 0 Å². The normalized spacial score (nSPS) is 10.9. The molecular weight excluding hydrogens is 489 g/mol. The van der Waals surface area contributed by atoms with E-state index in [0.717, 1.165) is 0 Å². The smallest absolute Gasteiger partial charge is 0.284 e. The number of carbonyl (C=O) groups is 1. The quantitative estimate of drug-likeness (QED) is 0.288. The highest BCUT2D eigenvalue weighted by atomic mass is 19.1. The average molecular weight is 514 g/mol. The molecule has 0 unspecified atom stereocenters. The maximum absolute atomic E-state index is 14.9. The number of fused-ring (bicyclic) bond motifs is 1. The van der Waals surface area contributed by atoms with E-state index >= 15 is 0 Å². The largest absolute Gasteiger partial charge is 0.497 e. The third-order valence-electron chi connectivity index (χ3n) is 5.99. The van der Waals surface area contributed by atoms with Gasteiger partial charge in [-0.05, 0) is 48.0 Å². The van der Waals surface area contributed by atoms with Gasteiger partial charge >= 0.3 is 0 Å². The van der Waals surface area contributed by atoms with Gasteiger partial charge in [0.25, 0.3) is 11.5 Å². The molecule has 192 valence electrons. The van der Waals surface area contributed by atoms with Crippen LogP contribution in [-0.4, -0.2) is 27.8 Å². The zero-order valence-electron chi connectivity index (χ0n) is 20.4. The van der Waals surface area contributed by atoms with E-state index in [1.54, 1.807) is 67.9 Å². The van der Waals surface area contributed by atoms with Gasteiger partial charge in [0.1, 0.15) is 17.1 Å². The van der Waals surface area contributed by atoms with Crippen LogP contribution in [0.1, 0.15) is 21.6 Å². The molecule has 0 atom stereocenters. The standard InChI is InChI=1S/C28H24FN5O4/c1-37-19-8-9-20-22(14-19)31-12-11-24(20)38-25-10-7-17(13-21(25)29)16-32-27(35)26-23(15-30)33-34(28(26)36)18-5-3-2-4-6-18/h2-14,33H,15-16,30H2,1H3,(H,32,35). The molecule has 0 saturated heterocycles. The molecule has 0 saturated carbocycles. The van der Waals surface area contributed by atoms with Crippen molar-refractivity contribution in [3.05, 3.63) is 112 Å². The number of methoxy groups -OCH3 is 1. The van der Waals surface area contributed by atoms with Gasteiger partial charge in [-0.1, -0.05) is 24.3 Å². The zero-order chi connectivity index (χ0) is 26.6. The summed E-state index contributed by atoms with van der Waals surface area (Å²) in [6.45, 7) is -0.0387. The van der Waals surface area contributed by atoms with Crippen molar-refractivity contribution >= 4 is 16.8 Å². The van der Waals surface area contributed by atoms with Crippen LogP contribution in [-0.2, 0) is 13.1 Å². The number of hydrogen-bond donors (Lipinski definition) is 3. The van der Waals surface area contributed by atoms with E-state index in [2.05, 4.69) is 15.4 Å². The van der Waals surface area contributed by atoms with Crippen LogP contribution in [0.25, 0.3) is 16.6 Å². The van der Waals surface area contributed by atoms with Gasteiger partial charge < -0.3 is 20.5 Å². The Hall–Kier alpha value is -4.96. The Morgan fingerprint density at radius 1 is 1.08 bits per heavy atom. The number of para-hydroxylation sites is 1. The number of aromatic amines is 1. The topological polar surface area (TPSA) is 124 Å². The van der Waals surface area contributed by atoms with Crippen LogP contribution in [0.15, 0.2) is 83.8 Å². The lowest BCUT2D eigenvalue weighted by atomic mass is 10.1. The molecular formula is C28H24FN5O4. The van der Waals surface area contributed by atoms with Gasteiger partial charge in [-0.2, -0.15) is 0 Å². The molecule has 0 radical (unpaired) electrons. The summed E-state index contributed by atoms with van der Waals surface area (Å²) in [6, 6.07) is 20.2. The third kappa shape index (κ3) is 4.84. The minimum Gasteiger partial charge on any atom is -0.497 e. The Bertz CT molecular complexity index is 1680. The Morgan fingerprint density at radius 2 is 1.89 bits per heavy atom. The summed E-state index contributed by atoms with van der Waals surface area (Å²) >= 11 is 0. The molecule has 0 bridgehead atoms. The summed E-state index contributed by atoms with van der Waals surface area (Å²) in [5.41, 5.74) is 7.17. The van der Waals surface area contributed by atoms with Crippen LogP contribution in [0.2, 0.25) is 0 Å². The Kier molecular flexibility index (Phi) is 6.88. The summed E-state index contributed by atoms with van der Waals surface area (Å²) in [4.78, 5) is 30.1. The van der Waals surface area contributed by atoms with Gasteiger partial charge in [-0.25, -0.2) is 9.07 Å². The maximum Gasteiger partial charge on any atom is 0.284 e. The fraction of sp³-hybridized carbons (Fsp3) is 0.107. The number of ether oxygens (including phenoxy) is 2. The van der Waals surface area contributed by atoms with E-state index < -0.39 is 17.3 Å². The number of nitrogens with one attached hydrogen (secondary N) is 2. The second-order valence-electron chi connectivity index (χ2n) is 8.39. The molecule has 38 heavy (non-hydrogen) atoms. The molecule has 0 fully saturated rings. The first-order valence-corrected chi connectivity index (χ1v) is 11.7. The SMILES string of the molecule is COc1ccc2c(Oc3ccc(CNC(=O)c4c(CN)[nH]n(-c5ccccc5)c4=O)cc3F)ccnc2c1. The minimum absolute atomic E-state index is 0.00597. The number of amides is 1. The Balaban J connectivity index is 1.32. The first-order chi connectivity index (χ1) is 18.5. The number of nitrogens with zero attached hydrogens (tertiary/aromatic N) is 2. The van der Waals surface area contributed by atoms with E-state index in [9.17, 15) is 14.0 Å². The first kappa shape index (κ1) is 24.7. The van der Waals surface area contributed by atoms with Gasteiger partial charge in [-0.3, -0.25) is 19.7 Å². The molecule has 2 aromatic heterocycles. The molecule has 0 spiro atoms. The number of halogens is 1. The van der Waals surface area contributed by atoms with Crippen LogP contribution in [0.3, 0.4) is 0 Å². The van der Waals surface area contributed by atoms with Crippen LogP contribution in [0.5, 0.6) is 17.2 Å². The summed E-state index contributed by atoms with van der Waals surface area (Å²) in [5, 5.41) is 6.26. The highest BCUT2D eigenvalue weighted by molar-refractivity contribution is 5.95. The number of benzene rings is 3.